The Kier molecular flexibility index (Phi) is 4.76. The Morgan fingerprint density at radius 3 is 2.71 bits per heavy atom. The molecule has 7 nitrogen and oxygen atoms in total. The van der Waals surface area contributed by atoms with Crippen molar-refractivity contribution in [1.82, 2.24) is 9.97 Å². The lowest BCUT2D eigenvalue weighted by Gasteiger charge is -2.01. The average molecular weight is 291 g/mol. The number of anilines is 1. The Labute approximate surface area is 121 Å². The highest BCUT2D eigenvalue weighted by atomic mass is 16.5. The minimum absolute atomic E-state index is 0.0262. The first-order chi connectivity index (χ1) is 10.1. The van der Waals surface area contributed by atoms with E-state index in [1.54, 1.807) is 32.0 Å². The predicted octanol–water partition coefficient (Wildman–Crippen LogP) is 1.71. The number of hydrogen-bond donors (Lipinski definition) is 2. The summed E-state index contributed by atoms with van der Waals surface area (Å²) < 4.78 is 9.75. The Hall–Kier alpha value is -2.57. The summed E-state index contributed by atoms with van der Waals surface area (Å²) in [5.74, 6) is -0.292. The van der Waals surface area contributed by atoms with Crippen LogP contribution >= 0.6 is 0 Å². The van der Waals surface area contributed by atoms with Crippen molar-refractivity contribution in [3.05, 3.63) is 23.8 Å². The number of carbonyl (C=O) groups excluding carboxylic acids is 2. The zero-order valence-electron chi connectivity index (χ0n) is 11.9. The van der Waals surface area contributed by atoms with E-state index in [2.05, 4.69) is 15.3 Å². The number of hydrogen-bond acceptors (Lipinski definition) is 6. The molecule has 21 heavy (non-hydrogen) atoms. The quantitative estimate of drug-likeness (QED) is 0.787. The van der Waals surface area contributed by atoms with E-state index >= 15 is 0 Å². The number of aromatic amines is 1. The maximum absolute atomic E-state index is 11.6. The van der Waals surface area contributed by atoms with Gasteiger partial charge in [0.1, 0.15) is 6.54 Å². The summed E-state index contributed by atoms with van der Waals surface area (Å²) in [6, 6.07) is 5.03. The molecule has 0 bridgehead atoms. The van der Waals surface area contributed by atoms with Gasteiger partial charge in [-0.15, -0.1) is 0 Å². The van der Waals surface area contributed by atoms with Gasteiger partial charge in [-0.05, 0) is 32.0 Å². The van der Waals surface area contributed by atoms with Gasteiger partial charge >= 0.3 is 11.9 Å². The number of carbonyl (C=O) groups is 2. The number of rotatable bonds is 6. The van der Waals surface area contributed by atoms with Crippen LogP contribution in [0.25, 0.3) is 11.0 Å². The van der Waals surface area contributed by atoms with Crippen LogP contribution in [0, 0.1) is 0 Å². The molecule has 0 radical (unpaired) electrons. The topological polar surface area (TPSA) is 93.3 Å². The van der Waals surface area contributed by atoms with E-state index in [4.69, 9.17) is 9.47 Å². The maximum atomic E-state index is 11.6. The average Bonchev–Trinajstić information content (AvgIpc) is 2.87. The van der Waals surface area contributed by atoms with Crippen molar-refractivity contribution in [2.45, 2.75) is 13.8 Å². The summed E-state index contributed by atoms with van der Waals surface area (Å²) in [5, 5.41) is 2.84. The molecule has 0 aliphatic heterocycles. The number of nitrogens with zero attached hydrogens (tertiary/aromatic N) is 1. The SMILES string of the molecule is CCOC(=O)CNc1nc2ccc(C(=O)OCC)cc2[nH]1. The molecule has 0 unspecified atom stereocenters. The Balaban J connectivity index is 2.10. The first kappa shape index (κ1) is 14.8. The minimum Gasteiger partial charge on any atom is -0.465 e. The molecule has 1 heterocycles. The lowest BCUT2D eigenvalue weighted by atomic mass is 10.2. The van der Waals surface area contributed by atoms with Crippen molar-refractivity contribution < 1.29 is 19.1 Å². The molecule has 0 saturated carbocycles. The molecule has 2 N–H and O–H groups in total. The van der Waals surface area contributed by atoms with Crippen LogP contribution in [-0.2, 0) is 14.3 Å². The van der Waals surface area contributed by atoms with Gasteiger partial charge in [0.15, 0.2) is 0 Å². The monoisotopic (exact) mass is 291 g/mol. The van der Waals surface area contributed by atoms with Crippen LogP contribution in [0.5, 0.6) is 0 Å². The van der Waals surface area contributed by atoms with E-state index in [0.29, 0.717) is 35.8 Å². The summed E-state index contributed by atoms with van der Waals surface area (Å²) >= 11 is 0. The van der Waals surface area contributed by atoms with Gasteiger partial charge in [0.05, 0.1) is 29.8 Å². The Morgan fingerprint density at radius 2 is 2.00 bits per heavy atom. The zero-order valence-corrected chi connectivity index (χ0v) is 11.9. The van der Waals surface area contributed by atoms with Gasteiger partial charge in [0.2, 0.25) is 5.95 Å². The van der Waals surface area contributed by atoms with Gasteiger partial charge < -0.3 is 19.8 Å². The van der Waals surface area contributed by atoms with Crippen molar-refractivity contribution in [1.29, 1.82) is 0 Å². The van der Waals surface area contributed by atoms with Gasteiger partial charge in [-0.3, -0.25) is 4.79 Å². The molecule has 0 spiro atoms. The number of esters is 2. The molecule has 0 aliphatic carbocycles. The number of nitrogens with one attached hydrogen (secondary N) is 2. The lowest BCUT2D eigenvalue weighted by Crippen LogP contribution is -2.17. The van der Waals surface area contributed by atoms with Crippen LogP contribution in [0.4, 0.5) is 5.95 Å². The molecule has 7 heteroatoms. The predicted molar refractivity (Wildman–Crippen MR) is 77.2 cm³/mol. The van der Waals surface area contributed by atoms with Crippen molar-refractivity contribution in [3.63, 3.8) is 0 Å². The zero-order chi connectivity index (χ0) is 15.2. The van der Waals surface area contributed by atoms with Crippen molar-refractivity contribution >= 4 is 28.9 Å². The second-order valence-corrected chi connectivity index (χ2v) is 4.20. The van der Waals surface area contributed by atoms with Crippen LogP contribution in [-0.4, -0.2) is 41.7 Å². The van der Waals surface area contributed by atoms with Gasteiger partial charge in [-0.1, -0.05) is 0 Å². The fourth-order valence-electron chi connectivity index (χ4n) is 1.80. The molecule has 0 fully saturated rings. The van der Waals surface area contributed by atoms with Gasteiger partial charge in [-0.25, -0.2) is 9.78 Å². The third kappa shape index (κ3) is 3.71. The first-order valence-corrected chi connectivity index (χ1v) is 6.70. The van der Waals surface area contributed by atoms with Crippen molar-refractivity contribution in [3.8, 4) is 0 Å². The third-order valence-electron chi connectivity index (χ3n) is 2.70. The first-order valence-electron chi connectivity index (χ1n) is 6.70. The molecule has 0 amide bonds. The molecule has 0 atom stereocenters. The van der Waals surface area contributed by atoms with Gasteiger partial charge in [-0.2, -0.15) is 0 Å². The summed E-state index contributed by atoms with van der Waals surface area (Å²) in [4.78, 5) is 30.2. The molecule has 1 aromatic heterocycles. The second kappa shape index (κ2) is 6.74. The van der Waals surface area contributed by atoms with Gasteiger partial charge in [0, 0.05) is 0 Å². The second-order valence-electron chi connectivity index (χ2n) is 4.20. The van der Waals surface area contributed by atoms with Crippen LogP contribution in [0.1, 0.15) is 24.2 Å². The largest absolute Gasteiger partial charge is 0.465 e. The van der Waals surface area contributed by atoms with E-state index < -0.39 is 0 Å². The molecule has 0 aliphatic rings. The van der Waals surface area contributed by atoms with E-state index in [9.17, 15) is 9.59 Å². The smallest absolute Gasteiger partial charge is 0.338 e. The van der Waals surface area contributed by atoms with Crippen molar-refractivity contribution in [2.75, 3.05) is 25.1 Å². The fourth-order valence-corrected chi connectivity index (χ4v) is 1.80. The highest BCUT2D eigenvalue weighted by Crippen LogP contribution is 2.16. The number of H-pyrrole nitrogens is 1. The molecule has 0 saturated heterocycles. The van der Waals surface area contributed by atoms with Crippen LogP contribution < -0.4 is 5.32 Å². The lowest BCUT2D eigenvalue weighted by molar-refractivity contribution is -0.140. The standard InChI is InChI=1S/C14H17N3O4/c1-3-20-12(18)8-15-14-16-10-6-5-9(7-11(10)17-14)13(19)21-4-2/h5-7H,3-4,8H2,1-2H3,(H2,15,16,17). The third-order valence-corrected chi connectivity index (χ3v) is 2.70. The number of aromatic nitrogens is 2. The molecular formula is C14H17N3O4. The van der Waals surface area contributed by atoms with Crippen LogP contribution in [0.3, 0.4) is 0 Å². The highest BCUT2D eigenvalue weighted by molar-refractivity contribution is 5.94. The number of benzene rings is 1. The summed E-state index contributed by atoms with van der Waals surface area (Å²) in [6.45, 7) is 4.19. The summed E-state index contributed by atoms with van der Waals surface area (Å²) in [7, 11) is 0. The van der Waals surface area contributed by atoms with Crippen LogP contribution in [0.2, 0.25) is 0 Å². The summed E-state index contributed by atoms with van der Waals surface area (Å²) in [6.07, 6.45) is 0. The van der Waals surface area contributed by atoms with E-state index in [0.717, 1.165) is 0 Å². The number of imidazole rings is 1. The Morgan fingerprint density at radius 1 is 1.24 bits per heavy atom. The molecule has 2 rings (SSSR count). The van der Waals surface area contributed by atoms with E-state index in [1.165, 1.54) is 0 Å². The molecule has 112 valence electrons. The minimum atomic E-state index is -0.380. The van der Waals surface area contributed by atoms with Gasteiger partial charge in [0.25, 0.3) is 0 Å². The normalized spacial score (nSPS) is 10.4. The maximum Gasteiger partial charge on any atom is 0.338 e. The van der Waals surface area contributed by atoms with Crippen molar-refractivity contribution in [2.24, 2.45) is 0 Å². The number of fused-ring (bicyclic) bond motifs is 1. The molecule has 1 aromatic carbocycles. The summed E-state index contributed by atoms with van der Waals surface area (Å²) in [5.41, 5.74) is 1.83. The van der Waals surface area contributed by atoms with Crippen LogP contribution in [0.15, 0.2) is 18.2 Å². The highest BCUT2D eigenvalue weighted by Gasteiger charge is 2.10. The van der Waals surface area contributed by atoms with E-state index in [1.807, 2.05) is 0 Å². The fraction of sp³-hybridized carbons (Fsp3) is 0.357. The Bertz CT molecular complexity index is 651. The number of ether oxygens (including phenoxy) is 2. The molecular weight excluding hydrogens is 274 g/mol. The van der Waals surface area contributed by atoms with E-state index in [-0.39, 0.29) is 18.5 Å². The molecule has 2 aromatic rings.